The number of rotatable bonds is 13. The molecule has 144 valence electrons. The predicted octanol–water partition coefficient (Wildman–Crippen LogP) is 3.75. The molecule has 0 aliphatic carbocycles. The number of hydrogen-bond donors (Lipinski definition) is 1. The Morgan fingerprint density at radius 3 is 1.79 bits per heavy atom. The lowest BCUT2D eigenvalue weighted by Gasteiger charge is -2.28. The average molecular weight is 440 g/mol. The number of nitrogens with two attached hydrogens (primary N) is 1. The standard InChI is InChI=1S/C9H23NO3Si.C4H6Cl3NOSi/c1-4-11-14(12-5-2,13-6-3)9-7-8-10;5-10(6,7)3-1-2-8-4-9/h4-10H2,1-3H3;1-3H2. The van der Waals surface area contributed by atoms with Crippen LogP contribution in [0.4, 0.5) is 0 Å². The van der Waals surface area contributed by atoms with Gasteiger partial charge in [0.15, 0.2) is 0 Å². The van der Waals surface area contributed by atoms with Crippen molar-refractivity contribution in [1.82, 2.24) is 0 Å². The van der Waals surface area contributed by atoms with Gasteiger partial charge in [0, 0.05) is 25.9 Å². The highest BCUT2D eigenvalue weighted by Gasteiger charge is 2.39. The zero-order valence-electron chi connectivity index (χ0n) is 14.7. The molecule has 0 bridgehead atoms. The van der Waals surface area contributed by atoms with Crippen LogP contribution in [0.2, 0.25) is 12.1 Å². The summed E-state index contributed by atoms with van der Waals surface area (Å²) in [6, 6.07) is -1.12. The lowest BCUT2D eigenvalue weighted by atomic mass is 10.5. The van der Waals surface area contributed by atoms with Gasteiger partial charge in [-0.25, -0.2) is 9.79 Å². The van der Waals surface area contributed by atoms with Crippen molar-refractivity contribution in [1.29, 1.82) is 0 Å². The van der Waals surface area contributed by atoms with E-state index in [1.54, 1.807) is 0 Å². The Bertz CT molecular complexity index is 327. The maximum Gasteiger partial charge on any atom is 0.500 e. The van der Waals surface area contributed by atoms with Gasteiger partial charge in [0.25, 0.3) is 0 Å². The smallest absolute Gasteiger partial charge is 0.374 e. The molecule has 0 heterocycles. The lowest BCUT2D eigenvalue weighted by molar-refractivity contribution is 0.0710. The molecule has 11 heteroatoms. The molecular formula is C13H29Cl3N2O4Si2. The van der Waals surface area contributed by atoms with E-state index in [4.69, 9.17) is 52.2 Å². The summed E-state index contributed by atoms with van der Waals surface area (Å²) < 4.78 is 17.0. The molecule has 0 spiro atoms. The summed E-state index contributed by atoms with van der Waals surface area (Å²) >= 11 is 16.6. The highest BCUT2D eigenvalue weighted by Crippen LogP contribution is 2.26. The fourth-order valence-electron chi connectivity index (χ4n) is 1.72. The van der Waals surface area contributed by atoms with Crippen LogP contribution in [0.15, 0.2) is 4.99 Å². The van der Waals surface area contributed by atoms with E-state index < -0.39 is 14.8 Å². The van der Waals surface area contributed by atoms with Gasteiger partial charge >= 0.3 is 14.8 Å². The van der Waals surface area contributed by atoms with E-state index in [-0.39, 0.29) is 0 Å². The minimum Gasteiger partial charge on any atom is -0.374 e. The van der Waals surface area contributed by atoms with Crippen molar-refractivity contribution in [2.75, 3.05) is 32.9 Å². The molecule has 0 saturated carbocycles. The first-order valence-electron chi connectivity index (χ1n) is 8.03. The fraction of sp³-hybridized carbons (Fsp3) is 0.923. The van der Waals surface area contributed by atoms with E-state index in [2.05, 4.69) is 4.99 Å². The maximum absolute atomic E-state index is 9.55. The molecule has 0 fully saturated rings. The van der Waals surface area contributed by atoms with Crippen molar-refractivity contribution in [3.8, 4) is 0 Å². The molecule has 2 N–H and O–H groups in total. The van der Waals surface area contributed by atoms with E-state index in [1.165, 1.54) is 6.08 Å². The number of carbonyl (C=O) groups excluding carboxylic acids is 1. The summed E-state index contributed by atoms with van der Waals surface area (Å²) in [6.07, 6.45) is 2.96. The minimum absolute atomic E-state index is 0.407. The summed E-state index contributed by atoms with van der Waals surface area (Å²) in [4.78, 5) is 12.9. The molecule has 0 radical (unpaired) electrons. The molecule has 24 heavy (non-hydrogen) atoms. The average Bonchev–Trinajstić information content (AvgIpc) is 2.50. The monoisotopic (exact) mass is 438 g/mol. The quantitative estimate of drug-likeness (QED) is 0.155. The summed E-state index contributed by atoms with van der Waals surface area (Å²) in [5.74, 6) is 0. The molecule has 0 saturated heterocycles. The summed E-state index contributed by atoms with van der Waals surface area (Å²) in [7, 11) is -2.40. The fourth-order valence-corrected chi connectivity index (χ4v) is 6.13. The van der Waals surface area contributed by atoms with Crippen LogP contribution in [0.3, 0.4) is 0 Å². The van der Waals surface area contributed by atoms with Crippen molar-refractivity contribution >= 4 is 54.1 Å². The second-order valence-corrected chi connectivity index (χ2v) is 16.6. The third kappa shape index (κ3) is 17.4. The van der Waals surface area contributed by atoms with Gasteiger partial charge in [-0.1, -0.05) is 0 Å². The molecule has 0 aromatic carbocycles. The van der Waals surface area contributed by atoms with Crippen LogP contribution >= 0.6 is 33.2 Å². The minimum atomic E-state index is -2.48. The van der Waals surface area contributed by atoms with Crippen LogP contribution in [0.25, 0.3) is 0 Å². The van der Waals surface area contributed by atoms with E-state index in [9.17, 15) is 4.79 Å². The molecule has 6 nitrogen and oxygen atoms in total. The largest absolute Gasteiger partial charge is 0.500 e. The number of isocyanates is 1. The first-order valence-corrected chi connectivity index (χ1v) is 15.2. The summed E-state index contributed by atoms with van der Waals surface area (Å²) in [6.45, 7) is 8.85. The number of aliphatic imine (C=N–C) groups is 1. The lowest BCUT2D eigenvalue weighted by Crippen LogP contribution is -2.46. The van der Waals surface area contributed by atoms with Gasteiger partial charge in [-0.15, -0.1) is 33.2 Å². The number of hydrogen-bond acceptors (Lipinski definition) is 6. The van der Waals surface area contributed by atoms with Gasteiger partial charge in [0.2, 0.25) is 6.08 Å². The second kappa shape index (κ2) is 17.0. The van der Waals surface area contributed by atoms with Gasteiger partial charge in [-0.2, -0.15) is 0 Å². The zero-order valence-corrected chi connectivity index (χ0v) is 18.9. The van der Waals surface area contributed by atoms with Crippen molar-refractivity contribution in [2.24, 2.45) is 10.7 Å². The topological polar surface area (TPSA) is 83.1 Å². The number of halogens is 3. The van der Waals surface area contributed by atoms with Gasteiger partial charge in [-0.05, 0) is 46.2 Å². The third-order valence-electron chi connectivity index (χ3n) is 2.57. The van der Waals surface area contributed by atoms with Crippen LogP contribution in [-0.4, -0.2) is 53.8 Å². The Kier molecular flexibility index (Phi) is 18.9. The molecule has 0 unspecified atom stereocenters. The first-order chi connectivity index (χ1) is 11.3. The van der Waals surface area contributed by atoms with E-state index in [0.717, 1.165) is 12.5 Å². The van der Waals surface area contributed by atoms with Crippen molar-refractivity contribution in [2.45, 2.75) is 45.7 Å². The highest BCUT2D eigenvalue weighted by molar-refractivity contribution is 7.64. The Labute approximate surface area is 161 Å². The Morgan fingerprint density at radius 1 is 0.958 bits per heavy atom. The van der Waals surface area contributed by atoms with Gasteiger partial charge in [-0.3, -0.25) is 0 Å². The van der Waals surface area contributed by atoms with E-state index >= 15 is 0 Å². The van der Waals surface area contributed by atoms with Gasteiger partial charge < -0.3 is 19.0 Å². The van der Waals surface area contributed by atoms with Crippen LogP contribution < -0.4 is 5.73 Å². The Balaban J connectivity index is 0. The van der Waals surface area contributed by atoms with Crippen LogP contribution in [-0.2, 0) is 18.1 Å². The van der Waals surface area contributed by atoms with Crippen molar-refractivity contribution < 1.29 is 18.1 Å². The zero-order chi connectivity index (χ0) is 18.9. The normalized spacial score (nSPS) is 11.5. The van der Waals surface area contributed by atoms with E-state index in [1.807, 2.05) is 20.8 Å². The summed E-state index contributed by atoms with van der Waals surface area (Å²) in [5.41, 5.74) is 5.48. The first kappa shape index (κ1) is 26.7. The molecule has 0 aromatic rings. The number of nitrogens with zero attached hydrogens (tertiary/aromatic N) is 1. The highest BCUT2D eigenvalue weighted by atomic mass is 35.8. The van der Waals surface area contributed by atoms with Crippen molar-refractivity contribution in [3.05, 3.63) is 0 Å². The molecule has 0 rings (SSSR count). The van der Waals surface area contributed by atoms with Crippen LogP contribution in [0, 0.1) is 0 Å². The molecule has 0 aliphatic heterocycles. The molecule has 0 aromatic heterocycles. The molecular weight excluding hydrogens is 411 g/mol. The van der Waals surface area contributed by atoms with Crippen LogP contribution in [0.5, 0.6) is 0 Å². The molecule has 0 aliphatic rings. The SMILES string of the molecule is CCO[Si](CCCN)(OCC)OCC.O=C=NCCC[Si](Cl)(Cl)Cl. The second-order valence-electron chi connectivity index (χ2n) is 4.57. The van der Waals surface area contributed by atoms with E-state index in [0.29, 0.717) is 45.4 Å². The van der Waals surface area contributed by atoms with Crippen LogP contribution in [0.1, 0.15) is 33.6 Å². The maximum atomic E-state index is 9.55. The van der Waals surface area contributed by atoms with Crippen molar-refractivity contribution in [3.63, 3.8) is 0 Å². The Morgan fingerprint density at radius 2 is 1.46 bits per heavy atom. The third-order valence-corrected chi connectivity index (χ3v) is 8.35. The van der Waals surface area contributed by atoms with Gasteiger partial charge in [0.05, 0.1) is 6.54 Å². The summed E-state index contributed by atoms with van der Waals surface area (Å²) in [5, 5.41) is 0. The molecule has 0 atom stereocenters. The molecule has 0 amide bonds. The Hall–Kier alpha value is 0.524. The predicted molar refractivity (Wildman–Crippen MR) is 105 cm³/mol. The van der Waals surface area contributed by atoms with Gasteiger partial charge in [0.1, 0.15) is 0 Å².